The second kappa shape index (κ2) is 35.2. The molecule has 0 aromatic heterocycles. The van der Waals surface area contributed by atoms with E-state index >= 15 is 0 Å². The Balaban J connectivity index is 0.0000125. The second-order valence-electron chi connectivity index (χ2n) is 10.1. The van der Waals surface area contributed by atoms with E-state index in [2.05, 4.69) is 0 Å². The van der Waals surface area contributed by atoms with Gasteiger partial charge in [0.05, 0.1) is 145 Å². The van der Waals surface area contributed by atoms with Gasteiger partial charge in [0.15, 0.2) is 0 Å². The number of ether oxygens (including phenoxy) is 10. The van der Waals surface area contributed by atoms with Gasteiger partial charge in [-0.15, -0.1) is 0 Å². The summed E-state index contributed by atoms with van der Waals surface area (Å²) in [6.45, 7) is 8.28. The van der Waals surface area contributed by atoms with Crippen molar-refractivity contribution in [2.45, 2.75) is 13.2 Å². The van der Waals surface area contributed by atoms with Gasteiger partial charge in [0, 0.05) is 0 Å². The topological polar surface area (TPSA) is 148 Å². The quantitative estimate of drug-likeness (QED) is 0.0594. The summed E-state index contributed by atoms with van der Waals surface area (Å²) in [6, 6.07) is 20.0. The number of hydrogen-bond donors (Lipinski definition) is 1. The summed E-state index contributed by atoms with van der Waals surface area (Å²) >= 11 is 0. The van der Waals surface area contributed by atoms with Crippen LogP contribution in [0.15, 0.2) is 60.7 Å². The molecule has 0 amide bonds. The van der Waals surface area contributed by atoms with Crippen LogP contribution in [0, 0.1) is 0 Å². The van der Waals surface area contributed by atoms with Crippen LogP contribution in [0.1, 0.15) is 11.1 Å². The molecule has 0 fully saturated rings. The minimum absolute atomic E-state index is 0. The maximum Gasteiger partial charge on any atom is 1.00 e. The van der Waals surface area contributed by atoms with Crippen LogP contribution in [0.25, 0.3) is 0 Å². The van der Waals surface area contributed by atoms with Crippen molar-refractivity contribution < 1.29 is 95.4 Å². The van der Waals surface area contributed by atoms with Crippen molar-refractivity contribution in [2.75, 3.05) is 132 Å². The zero-order valence-corrected chi connectivity index (χ0v) is 32.4. The molecule has 1 N–H and O–H groups in total. The summed E-state index contributed by atoms with van der Waals surface area (Å²) < 4.78 is 76.1. The Morgan fingerprint density at radius 2 is 0.580 bits per heavy atom. The molecule has 0 radical (unpaired) electrons. The Labute approximate surface area is 319 Å². The van der Waals surface area contributed by atoms with Crippen molar-refractivity contribution in [1.82, 2.24) is 0 Å². The smallest absolute Gasteiger partial charge is 0.377 e. The molecule has 0 aliphatic heterocycles. The first kappa shape index (κ1) is 47.2. The number of benzene rings is 2. The van der Waals surface area contributed by atoms with Crippen LogP contribution in [-0.4, -0.2) is 137 Å². The number of rotatable bonds is 36. The molecule has 2 rings (SSSR count). The number of hydrogen-bond acceptors (Lipinski definition) is 13. The molecule has 0 spiro atoms. The van der Waals surface area contributed by atoms with Crippen molar-refractivity contribution in [1.29, 1.82) is 0 Å². The molecule has 2 aromatic carbocycles. The maximum absolute atomic E-state index is 11.9. The van der Waals surface area contributed by atoms with Gasteiger partial charge >= 0.3 is 37.4 Å². The fourth-order valence-electron chi connectivity index (χ4n) is 3.75. The number of phosphoric acid groups is 1. The third-order valence-corrected chi connectivity index (χ3v) is 7.18. The number of phosphoric ester groups is 1. The zero-order chi connectivity index (χ0) is 34.8. The first-order valence-corrected chi connectivity index (χ1v) is 18.1. The van der Waals surface area contributed by atoms with Gasteiger partial charge in [-0.1, -0.05) is 60.7 Å². The molecule has 16 heteroatoms. The van der Waals surface area contributed by atoms with Crippen LogP contribution in [0.5, 0.6) is 0 Å². The molecule has 14 nitrogen and oxygen atoms in total. The van der Waals surface area contributed by atoms with E-state index in [0.29, 0.717) is 119 Å². The van der Waals surface area contributed by atoms with Gasteiger partial charge in [-0.2, -0.15) is 0 Å². The standard InChI is InChI=1S/C34H55O14P.Na/c35-49(36,47-29-27-43-21-19-39-13-11-37-15-17-41-23-25-45-31-33-7-3-1-4-8-33)48-30-28-44-22-20-40-14-12-38-16-18-42-24-26-46-32-34-9-5-2-6-10-34;/h1-10H,11-32H2,(H,35,36);/q;+1. The van der Waals surface area contributed by atoms with E-state index in [9.17, 15) is 9.46 Å². The van der Waals surface area contributed by atoms with E-state index in [-0.39, 0.29) is 56.0 Å². The van der Waals surface area contributed by atoms with Crippen molar-refractivity contribution in [2.24, 2.45) is 0 Å². The average molecular weight is 742 g/mol. The van der Waals surface area contributed by atoms with E-state index < -0.39 is 7.82 Å². The van der Waals surface area contributed by atoms with Crippen molar-refractivity contribution >= 4 is 7.82 Å². The van der Waals surface area contributed by atoms with E-state index in [4.69, 9.17) is 56.4 Å². The monoisotopic (exact) mass is 741 g/mol. The normalized spacial score (nSPS) is 11.5. The summed E-state index contributed by atoms with van der Waals surface area (Å²) in [4.78, 5) is 9.72. The van der Waals surface area contributed by atoms with E-state index in [1.165, 1.54) is 0 Å². The Hall–Kier alpha value is -0.850. The molecule has 0 saturated carbocycles. The van der Waals surface area contributed by atoms with E-state index in [0.717, 1.165) is 11.1 Å². The van der Waals surface area contributed by atoms with Crippen LogP contribution in [0.2, 0.25) is 0 Å². The molecule has 50 heavy (non-hydrogen) atoms. The Bertz CT molecular complexity index is 950. The molecule has 0 atom stereocenters. The summed E-state index contributed by atoms with van der Waals surface area (Å²) in [5.74, 6) is 0. The Morgan fingerprint density at radius 1 is 0.360 bits per heavy atom. The third-order valence-electron chi connectivity index (χ3n) is 6.16. The predicted octanol–water partition coefficient (Wildman–Crippen LogP) is 0.690. The van der Waals surface area contributed by atoms with Gasteiger partial charge in [0.2, 0.25) is 0 Å². The van der Waals surface area contributed by atoms with Gasteiger partial charge in [0.1, 0.15) is 0 Å². The first-order chi connectivity index (χ1) is 24.2. The molecule has 2 aromatic rings. The summed E-state index contributed by atoms with van der Waals surface area (Å²) in [5.41, 5.74) is 2.27. The van der Waals surface area contributed by atoms with Gasteiger partial charge in [0.25, 0.3) is 0 Å². The average Bonchev–Trinajstić information content (AvgIpc) is 3.11. The molecule has 280 valence electrons. The van der Waals surface area contributed by atoms with Gasteiger partial charge in [-0.3, -0.25) is 9.05 Å². The van der Waals surface area contributed by atoms with E-state index in [1.54, 1.807) is 0 Å². The molecular weight excluding hydrogens is 686 g/mol. The molecule has 0 unspecified atom stereocenters. The zero-order valence-electron chi connectivity index (χ0n) is 29.5. The maximum atomic E-state index is 11.9. The molecule has 0 saturated heterocycles. The second-order valence-corrected chi connectivity index (χ2v) is 11.6. The van der Waals surface area contributed by atoms with Crippen LogP contribution in [-0.2, 0) is 74.2 Å². The predicted molar refractivity (Wildman–Crippen MR) is 180 cm³/mol. The largest absolute Gasteiger partial charge is 1.00 e. The Morgan fingerprint density at radius 3 is 0.840 bits per heavy atom. The van der Waals surface area contributed by atoms with Crippen molar-refractivity contribution in [3.05, 3.63) is 71.8 Å². The molecule has 0 bridgehead atoms. The SMILES string of the molecule is O=P(O)(OCCOCCOCCOCCOCCOCc1ccccc1)OCCOCCOCCOCCOCCOCc1ccccc1.[Na+]. The fraction of sp³-hybridized carbons (Fsp3) is 0.647. The van der Waals surface area contributed by atoms with Gasteiger partial charge in [-0.25, -0.2) is 4.57 Å². The van der Waals surface area contributed by atoms with Crippen molar-refractivity contribution in [3.63, 3.8) is 0 Å². The van der Waals surface area contributed by atoms with Crippen molar-refractivity contribution in [3.8, 4) is 0 Å². The fourth-order valence-corrected chi connectivity index (χ4v) is 4.43. The van der Waals surface area contributed by atoms with Gasteiger partial charge in [-0.05, 0) is 11.1 Å². The molecule has 0 aliphatic carbocycles. The van der Waals surface area contributed by atoms with Crippen LogP contribution in [0.3, 0.4) is 0 Å². The van der Waals surface area contributed by atoms with Crippen LogP contribution in [0.4, 0.5) is 0 Å². The third kappa shape index (κ3) is 30.7. The molecule has 0 aliphatic rings. The summed E-state index contributed by atoms with van der Waals surface area (Å²) in [7, 11) is -4.18. The summed E-state index contributed by atoms with van der Waals surface area (Å²) in [6.07, 6.45) is 0. The van der Waals surface area contributed by atoms with Crippen LogP contribution >= 0.6 is 7.82 Å². The minimum atomic E-state index is -4.18. The minimum Gasteiger partial charge on any atom is -0.377 e. The van der Waals surface area contributed by atoms with E-state index in [1.807, 2.05) is 60.7 Å². The molecule has 0 heterocycles. The van der Waals surface area contributed by atoms with Crippen LogP contribution < -0.4 is 29.6 Å². The first-order valence-electron chi connectivity index (χ1n) is 16.6. The molecular formula is C34H55NaO14P+. The Kier molecular flexibility index (Phi) is 33.2. The van der Waals surface area contributed by atoms with Gasteiger partial charge < -0.3 is 52.3 Å². The summed E-state index contributed by atoms with van der Waals surface area (Å²) in [5, 5.41) is 0.